The molecule has 1 heterocycles. The third-order valence-electron chi connectivity index (χ3n) is 2.50. The van der Waals surface area contributed by atoms with Crippen LogP contribution in [0.3, 0.4) is 0 Å². The maximum Gasteiger partial charge on any atom is 0.215 e. The monoisotopic (exact) mass is 346 g/mol. The van der Waals surface area contributed by atoms with Crippen molar-refractivity contribution in [2.24, 2.45) is 0 Å². The minimum absolute atomic E-state index is 0.239. The van der Waals surface area contributed by atoms with Gasteiger partial charge in [-0.2, -0.15) is 5.10 Å². The van der Waals surface area contributed by atoms with Crippen molar-refractivity contribution in [2.45, 2.75) is 13.5 Å². The molecular weight excluding hydrogens is 339 g/mol. The summed E-state index contributed by atoms with van der Waals surface area (Å²) in [6.07, 6.45) is 1.58. The summed E-state index contributed by atoms with van der Waals surface area (Å²) < 4.78 is 2.23. The first kappa shape index (κ1) is 13.6. The van der Waals surface area contributed by atoms with E-state index in [-0.39, 0.29) is 5.78 Å². The Bertz CT molecular complexity index is 590. The van der Waals surface area contributed by atoms with Crippen LogP contribution in [0, 0.1) is 0 Å². The summed E-state index contributed by atoms with van der Waals surface area (Å²) in [7, 11) is 0. The first-order valence-corrected chi connectivity index (χ1v) is 6.81. The predicted octanol–water partition coefficient (Wildman–Crippen LogP) is 4.20. The van der Waals surface area contributed by atoms with E-state index >= 15 is 0 Å². The summed E-state index contributed by atoms with van der Waals surface area (Å²) in [6, 6.07) is 4.98. The van der Waals surface area contributed by atoms with E-state index in [0.29, 0.717) is 32.3 Å². The van der Waals surface area contributed by atoms with Crippen molar-refractivity contribution in [2.75, 3.05) is 0 Å². The van der Waals surface area contributed by atoms with E-state index in [0.717, 1.165) is 0 Å². The van der Waals surface area contributed by atoms with E-state index in [1.165, 1.54) is 0 Å². The second kappa shape index (κ2) is 5.43. The minimum atomic E-state index is -0.239. The molecule has 0 aliphatic rings. The summed E-state index contributed by atoms with van der Waals surface area (Å²) in [6.45, 7) is 2.50. The molecule has 2 aromatic rings. The highest BCUT2D eigenvalue weighted by Gasteiger charge is 2.22. The van der Waals surface area contributed by atoms with Crippen LogP contribution in [0.15, 0.2) is 28.9 Å². The molecule has 94 valence electrons. The van der Waals surface area contributed by atoms with Crippen LogP contribution in [0.1, 0.15) is 23.0 Å². The van der Waals surface area contributed by atoms with Gasteiger partial charge in [-0.05, 0) is 35.0 Å². The van der Waals surface area contributed by atoms with Gasteiger partial charge in [-0.3, -0.25) is 9.48 Å². The molecule has 0 fully saturated rings. The number of halogens is 3. The summed E-state index contributed by atoms with van der Waals surface area (Å²) in [5.41, 5.74) is 0.754. The van der Waals surface area contributed by atoms with E-state index in [1.54, 1.807) is 29.1 Å². The van der Waals surface area contributed by atoms with Crippen LogP contribution in [-0.4, -0.2) is 15.6 Å². The highest BCUT2D eigenvalue weighted by molar-refractivity contribution is 9.10. The highest BCUT2D eigenvalue weighted by atomic mass is 79.9. The lowest BCUT2D eigenvalue weighted by Crippen LogP contribution is -2.12. The minimum Gasteiger partial charge on any atom is -0.287 e. The first-order valence-electron chi connectivity index (χ1n) is 5.26. The zero-order valence-electron chi connectivity index (χ0n) is 9.45. The number of aromatic nitrogens is 2. The van der Waals surface area contributed by atoms with E-state index in [2.05, 4.69) is 21.0 Å². The van der Waals surface area contributed by atoms with Gasteiger partial charge < -0.3 is 0 Å². The molecule has 0 bridgehead atoms. The highest BCUT2D eigenvalue weighted by Crippen LogP contribution is 2.29. The number of hydrogen-bond donors (Lipinski definition) is 0. The van der Waals surface area contributed by atoms with Crippen molar-refractivity contribution < 1.29 is 4.79 Å². The average molecular weight is 348 g/mol. The predicted molar refractivity (Wildman–Crippen MR) is 75.5 cm³/mol. The molecule has 0 saturated heterocycles. The molecule has 0 amide bonds. The van der Waals surface area contributed by atoms with Crippen LogP contribution in [0.4, 0.5) is 0 Å². The standard InChI is InChI=1S/C12H9BrCl2N2O/c1-2-17-11(7(13)6-16-17)12(18)10-8(14)4-3-5-9(10)15/h3-6H,2H2,1H3. The van der Waals surface area contributed by atoms with Crippen molar-refractivity contribution >= 4 is 44.9 Å². The number of aryl methyl sites for hydroxylation is 1. The van der Waals surface area contributed by atoms with Gasteiger partial charge in [0, 0.05) is 6.54 Å². The Morgan fingerprint density at radius 3 is 2.56 bits per heavy atom. The Kier molecular flexibility index (Phi) is 4.10. The SMILES string of the molecule is CCn1ncc(Br)c1C(=O)c1c(Cl)cccc1Cl. The van der Waals surface area contributed by atoms with Crippen LogP contribution in [0.2, 0.25) is 10.0 Å². The van der Waals surface area contributed by atoms with Crippen molar-refractivity contribution in [3.05, 3.63) is 50.2 Å². The van der Waals surface area contributed by atoms with E-state index in [9.17, 15) is 4.79 Å². The number of ketones is 1. The molecular formula is C12H9BrCl2N2O. The Hall–Kier alpha value is -0.840. The first-order chi connectivity index (χ1) is 8.56. The third kappa shape index (κ3) is 2.32. The molecule has 0 radical (unpaired) electrons. The largest absolute Gasteiger partial charge is 0.287 e. The van der Waals surface area contributed by atoms with E-state index in [1.807, 2.05) is 6.92 Å². The summed E-state index contributed by atoms with van der Waals surface area (Å²) in [4.78, 5) is 12.5. The van der Waals surface area contributed by atoms with Gasteiger partial charge in [0.25, 0.3) is 0 Å². The molecule has 2 rings (SSSR count). The van der Waals surface area contributed by atoms with Crippen LogP contribution < -0.4 is 0 Å². The Balaban J connectivity index is 2.58. The summed E-state index contributed by atoms with van der Waals surface area (Å²) in [5.74, 6) is -0.239. The average Bonchev–Trinajstić information content (AvgIpc) is 2.70. The fraction of sp³-hybridized carbons (Fsp3) is 0.167. The fourth-order valence-electron chi connectivity index (χ4n) is 1.66. The van der Waals surface area contributed by atoms with Gasteiger partial charge in [0.15, 0.2) is 0 Å². The van der Waals surface area contributed by atoms with Crippen LogP contribution in [-0.2, 0) is 6.54 Å². The number of hydrogen-bond acceptors (Lipinski definition) is 2. The molecule has 0 saturated carbocycles. The summed E-state index contributed by atoms with van der Waals surface area (Å²) in [5, 5.41) is 4.78. The molecule has 1 aromatic heterocycles. The Morgan fingerprint density at radius 2 is 2.00 bits per heavy atom. The normalized spacial score (nSPS) is 10.7. The van der Waals surface area contributed by atoms with Crippen molar-refractivity contribution in [3.63, 3.8) is 0 Å². The lowest BCUT2D eigenvalue weighted by molar-refractivity contribution is 0.102. The number of carbonyl (C=O) groups excluding carboxylic acids is 1. The number of carbonyl (C=O) groups is 1. The molecule has 18 heavy (non-hydrogen) atoms. The molecule has 3 nitrogen and oxygen atoms in total. The maximum atomic E-state index is 12.5. The van der Waals surface area contributed by atoms with Gasteiger partial charge in [0.1, 0.15) is 5.69 Å². The van der Waals surface area contributed by atoms with Gasteiger partial charge in [-0.1, -0.05) is 29.3 Å². The Labute approximate surface area is 123 Å². The van der Waals surface area contributed by atoms with Crippen LogP contribution in [0.5, 0.6) is 0 Å². The van der Waals surface area contributed by atoms with Gasteiger partial charge in [-0.15, -0.1) is 0 Å². The van der Waals surface area contributed by atoms with Crippen molar-refractivity contribution in [1.29, 1.82) is 0 Å². The van der Waals surface area contributed by atoms with E-state index in [4.69, 9.17) is 23.2 Å². The molecule has 0 spiro atoms. The lowest BCUT2D eigenvalue weighted by atomic mass is 10.1. The third-order valence-corrected chi connectivity index (χ3v) is 3.71. The Morgan fingerprint density at radius 1 is 1.39 bits per heavy atom. The number of nitrogens with zero attached hydrogens (tertiary/aromatic N) is 2. The molecule has 1 aromatic carbocycles. The second-order valence-corrected chi connectivity index (χ2v) is 5.25. The second-order valence-electron chi connectivity index (χ2n) is 3.58. The quantitative estimate of drug-likeness (QED) is 0.780. The molecule has 0 atom stereocenters. The maximum absolute atomic E-state index is 12.5. The number of benzene rings is 1. The molecule has 0 aliphatic heterocycles. The zero-order valence-corrected chi connectivity index (χ0v) is 12.6. The van der Waals surface area contributed by atoms with Crippen LogP contribution in [0.25, 0.3) is 0 Å². The zero-order chi connectivity index (χ0) is 13.3. The van der Waals surface area contributed by atoms with Gasteiger partial charge in [-0.25, -0.2) is 0 Å². The lowest BCUT2D eigenvalue weighted by Gasteiger charge is -2.08. The van der Waals surface area contributed by atoms with Gasteiger partial charge in [0.05, 0.1) is 26.3 Å². The van der Waals surface area contributed by atoms with E-state index < -0.39 is 0 Å². The van der Waals surface area contributed by atoms with Gasteiger partial charge in [0.2, 0.25) is 5.78 Å². The van der Waals surface area contributed by atoms with Crippen molar-refractivity contribution in [3.8, 4) is 0 Å². The van der Waals surface area contributed by atoms with Crippen molar-refractivity contribution in [1.82, 2.24) is 9.78 Å². The fourth-order valence-corrected chi connectivity index (χ4v) is 2.71. The van der Waals surface area contributed by atoms with Crippen LogP contribution >= 0.6 is 39.1 Å². The molecule has 6 heteroatoms. The van der Waals surface area contributed by atoms with Gasteiger partial charge >= 0.3 is 0 Å². The summed E-state index contributed by atoms with van der Waals surface area (Å²) >= 11 is 15.4. The topological polar surface area (TPSA) is 34.9 Å². The molecule has 0 aliphatic carbocycles. The smallest absolute Gasteiger partial charge is 0.215 e. The molecule has 0 unspecified atom stereocenters. The molecule has 0 N–H and O–H groups in total. The number of rotatable bonds is 3.